The maximum Gasteiger partial charge on any atom is 0.416 e. The summed E-state index contributed by atoms with van der Waals surface area (Å²) in [6.45, 7) is 1.74. The van der Waals surface area contributed by atoms with Crippen LogP contribution in [0, 0.1) is 28.5 Å². The van der Waals surface area contributed by atoms with Crippen LogP contribution in [0.15, 0.2) is 36.4 Å². The lowest BCUT2D eigenvalue weighted by Crippen LogP contribution is -2.47. The van der Waals surface area contributed by atoms with Crippen molar-refractivity contribution in [2.24, 2.45) is 0 Å². The zero-order valence-corrected chi connectivity index (χ0v) is 14.1. The predicted molar refractivity (Wildman–Crippen MR) is 91.7 cm³/mol. The maximum absolute atomic E-state index is 14.2. The average molecular weight is 374 g/mol. The molecule has 0 aromatic heterocycles. The summed E-state index contributed by atoms with van der Waals surface area (Å²) >= 11 is 0. The van der Waals surface area contributed by atoms with Gasteiger partial charge in [0, 0.05) is 26.2 Å². The first-order valence-corrected chi connectivity index (χ1v) is 8.14. The lowest BCUT2D eigenvalue weighted by molar-refractivity contribution is -0.137. The minimum absolute atomic E-state index is 0.0390. The first-order chi connectivity index (χ1) is 12.8. The Balaban J connectivity index is 1.76. The molecule has 0 N–H and O–H groups in total. The third kappa shape index (κ3) is 3.80. The third-order valence-corrected chi connectivity index (χ3v) is 4.48. The number of benzene rings is 2. The van der Waals surface area contributed by atoms with Gasteiger partial charge in [-0.2, -0.15) is 23.7 Å². The molecule has 4 nitrogen and oxygen atoms in total. The van der Waals surface area contributed by atoms with Crippen LogP contribution in [0.1, 0.15) is 16.7 Å². The van der Waals surface area contributed by atoms with Crippen molar-refractivity contribution in [2.45, 2.75) is 6.18 Å². The van der Waals surface area contributed by atoms with E-state index in [0.717, 1.165) is 12.1 Å². The Kier molecular flexibility index (Phi) is 4.91. The van der Waals surface area contributed by atoms with Crippen LogP contribution in [0.3, 0.4) is 0 Å². The van der Waals surface area contributed by atoms with Crippen molar-refractivity contribution >= 4 is 11.4 Å². The molecule has 0 bridgehead atoms. The number of piperazine rings is 1. The standard InChI is InChI=1S/C19H14F4N4/c20-16-9-13(11-24)1-3-18(16)27-7-5-26(6-8-27)17-4-2-15(19(21,22)23)10-14(17)12-25/h1-4,9-10H,5-8H2. The van der Waals surface area contributed by atoms with Gasteiger partial charge in [-0.05, 0) is 36.4 Å². The molecule has 8 heteroatoms. The fourth-order valence-corrected chi connectivity index (χ4v) is 3.10. The van der Waals surface area contributed by atoms with E-state index in [9.17, 15) is 22.8 Å². The molecule has 0 unspecified atom stereocenters. The average Bonchev–Trinajstić information content (AvgIpc) is 2.67. The van der Waals surface area contributed by atoms with Crippen LogP contribution in [-0.4, -0.2) is 26.2 Å². The zero-order chi connectivity index (χ0) is 19.6. The van der Waals surface area contributed by atoms with E-state index in [1.165, 1.54) is 18.2 Å². The van der Waals surface area contributed by atoms with Crippen molar-refractivity contribution < 1.29 is 17.6 Å². The van der Waals surface area contributed by atoms with Crippen molar-refractivity contribution in [1.82, 2.24) is 0 Å². The topological polar surface area (TPSA) is 54.1 Å². The van der Waals surface area contributed by atoms with Crippen molar-refractivity contribution in [3.63, 3.8) is 0 Å². The van der Waals surface area contributed by atoms with E-state index in [2.05, 4.69) is 0 Å². The summed E-state index contributed by atoms with van der Waals surface area (Å²) in [6.07, 6.45) is -4.50. The molecule has 0 amide bonds. The summed E-state index contributed by atoms with van der Waals surface area (Å²) in [4.78, 5) is 3.62. The summed E-state index contributed by atoms with van der Waals surface area (Å²) in [7, 11) is 0. The number of hydrogen-bond donors (Lipinski definition) is 0. The fourth-order valence-electron chi connectivity index (χ4n) is 3.10. The number of nitrogens with zero attached hydrogens (tertiary/aromatic N) is 4. The van der Waals surface area contributed by atoms with Crippen LogP contribution in [-0.2, 0) is 6.18 Å². The van der Waals surface area contributed by atoms with Crippen molar-refractivity contribution in [2.75, 3.05) is 36.0 Å². The van der Waals surface area contributed by atoms with Crippen molar-refractivity contribution in [3.05, 3.63) is 58.9 Å². The van der Waals surface area contributed by atoms with Crippen molar-refractivity contribution in [3.8, 4) is 12.1 Å². The minimum Gasteiger partial charge on any atom is -0.367 e. The molecule has 2 aromatic carbocycles. The molecule has 138 valence electrons. The third-order valence-electron chi connectivity index (χ3n) is 4.48. The smallest absolute Gasteiger partial charge is 0.367 e. The summed E-state index contributed by atoms with van der Waals surface area (Å²) in [6, 6.07) is 11.1. The molecule has 1 saturated heterocycles. The van der Waals surface area contributed by atoms with Gasteiger partial charge in [0.15, 0.2) is 0 Å². The summed E-state index contributed by atoms with van der Waals surface area (Å²) in [5.41, 5.74) is 0.147. The monoisotopic (exact) mass is 374 g/mol. The Morgan fingerprint density at radius 3 is 1.93 bits per heavy atom. The molecule has 1 heterocycles. The molecular formula is C19H14F4N4. The Morgan fingerprint density at radius 2 is 1.41 bits per heavy atom. The van der Waals surface area contributed by atoms with Crippen LogP contribution in [0.25, 0.3) is 0 Å². The van der Waals surface area contributed by atoms with Crippen LogP contribution in [0.4, 0.5) is 28.9 Å². The van der Waals surface area contributed by atoms with Gasteiger partial charge in [0.2, 0.25) is 0 Å². The van der Waals surface area contributed by atoms with Gasteiger partial charge in [-0.15, -0.1) is 0 Å². The zero-order valence-electron chi connectivity index (χ0n) is 14.1. The number of halogens is 4. The molecule has 2 aromatic rings. The van der Waals surface area contributed by atoms with E-state index in [1.54, 1.807) is 6.07 Å². The number of alkyl halides is 3. The highest BCUT2D eigenvalue weighted by Gasteiger charge is 2.32. The Labute approximate surface area is 153 Å². The number of hydrogen-bond acceptors (Lipinski definition) is 4. The molecule has 27 heavy (non-hydrogen) atoms. The Hall–Kier alpha value is -3.26. The SMILES string of the molecule is N#Cc1ccc(N2CCN(c3ccc(C(F)(F)F)cc3C#N)CC2)c(F)c1. The molecular weight excluding hydrogens is 360 g/mol. The lowest BCUT2D eigenvalue weighted by Gasteiger charge is -2.37. The molecule has 0 aliphatic carbocycles. The minimum atomic E-state index is -4.50. The second kappa shape index (κ2) is 7.16. The second-order valence-corrected chi connectivity index (χ2v) is 6.09. The normalized spacial score (nSPS) is 14.6. The van der Waals surface area contributed by atoms with Gasteiger partial charge in [0.25, 0.3) is 0 Å². The van der Waals surface area contributed by atoms with Crippen LogP contribution >= 0.6 is 0 Å². The molecule has 1 aliphatic rings. The lowest BCUT2D eigenvalue weighted by atomic mass is 10.1. The number of anilines is 2. The highest BCUT2D eigenvalue weighted by molar-refractivity contribution is 5.62. The maximum atomic E-state index is 14.2. The molecule has 0 saturated carbocycles. The molecule has 1 fully saturated rings. The predicted octanol–water partition coefficient (Wildman–Crippen LogP) is 3.91. The molecule has 3 rings (SSSR count). The van der Waals surface area contributed by atoms with E-state index in [0.29, 0.717) is 37.6 Å². The molecule has 1 aliphatic heterocycles. The van der Waals surface area contributed by atoms with E-state index < -0.39 is 17.6 Å². The van der Waals surface area contributed by atoms with E-state index in [4.69, 9.17) is 5.26 Å². The number of rotatable bonds is 2. The van der Waals surface area contributed by atoms with Crippen LogP contribution in [0.2, 0.25) is 0 Å². The van der Waals surface area contributed by atoms with Gasteiger partial charge in [-0.3, -0.25) is 0 Å². The Bertz CT molecular complexity index is 932. The number of nitriles is 2. The fraction of sp³-hybridized carbons (Fsp3) is 0.263. The summed E-state index contributed by atoms with van der Waals surface area (Å²) in [5.74, 6) is -0.491. The largest absolute Gasteiger partial charge is 0.416 e. The van der Waals surface area contributed by atoms with Gasteiger partial charge in [0.1, 0.15) is 11.9 Å². The van der Waals surface area contributed by atoms with E-state index in [1.807, 2.05) is 21.9 Å². The summed E-state index contributed by atoms with van der Waals surface area (Å²) in [5, 5.41) is 18.0. The van der Waals surface area contributed by atoms with Crippen LogP contribution < -0.4 is 9.80 Å². The molecule has 0 radical (unpaired) electrons. The molecule has 0 atom stereocenters. The van der Waals surface area contributed by atoms with Gasteiger partial charge >= 0.3 is 6.18 Å². The van der Waals surface area contributed by atoms with E-state index >= 15 is 0 Å². The Morgan fingerprint density at radius 1 is 0.815 bits per heavy atom. The van der Waals surface area contributed by atoms with Gasteiger partial charge in [0.05, 0.1) is 34.1 Å². The van der Waals surface area contributed by atoms with Gasteiger partial charge in [-0.25, -0.2) is 4.39 Å². The molecule has 0 spiro atoms. The van der Waals surface area contributed by atoms with E-state index in [-0.39, 0.29) is 11.1 Å². The highest BCUT2D eigenvalue weighted by Crippen LogP contribution is 2.33. The first kappa shape index (κ1) is 18.5. The van der Waals surface area contributed by atoms with Gasteiger partial charge in [-0.1, -0.05) is 0 Å². The van der Waals surface area contributed by atoms with Crippen LogP contribution in [0.5, 0.6) is 0 Å². The quantitative estimate of drug-likeness (QED) is 0.748. The second-order valence-electron chi connectivity index (χ2n) is 6.09. The first-order valence-electron chi connectivity index (χ1n) is 8.14. The van der Waals surface area contributed by atoms with Gasteiger partial charge < -0.3 is 9.80 Å². The summed E-state index contributed by atoms with van der Waals surface area (Å²) < 4.78 is 52.6. The van der Waals surface area contributed by atoms with Crippen molar-refractivity contribution in [1.29, 1.82) is 10.5 Å². The highest BCUT2D eigenvalue weighted by atomic mass is 19.4.